The highest BCUT2D eigenvalue weighted by Gasteiger charge is 2.41. The van der Waals surface area contributed by atoms with Gasteiger partial charge in [0.2, 0.25) is 0 Å². The predicted octanol–water partition coefficient (Wildman–Crippen LogP) is 4.49. The third kappa shape index (κ3) is 4.38. The van der Waals surface area contributed by atoms with Crippen molar-refractivity contribution < 1.29 is 8.85 Å². The maximum absolute atomic E-state index is 6.11. The Labute approximate surface area is 108 Å². The first-order valence-corrected chi connectivity index (χ1v) is 9.52. The van der Waals surface area contributed by atoms with E-state index in [1.165, 1.54) is 38.1 Å². The van der Waals surface area contributed by atoms with Crippen LogP contribution in [0.5, 0.6) is 0 Å². The normalized spacial score (nSPS) is 18.2. The molecule has 0 heterocycles. The fourth-order valence-electron chi connectivity index (χ4n) is 3.00. The second kappa shape index (κ2) is 7.55. The first-order chi connectivity index (χ1) is 8.14. The minimum atomic E-state index is -1.94. The van der Waals surface area contributed by atoms with Crippen LogP contribution in [0.3, 0.4) is 0 Å². The lowest BCUT2D eigenvalue weighted by atomic mass is 10.1. The van der Waals surface area contributed by atoms with Gasteiger partial charge in [0.25, 0.3) is 0 Å². The van der Waals surface area contributed by atoms with Crippen molar-refractivity contribution in [2.75, 3.05) is 13.2 Å². The molecule has 0 atom stereocenters. The van der Waals surface area contributed by atoms with Crippen molar-refractivity contribution in [3.63, 3.8) is 0 Å². The van der Waals surface area contributed by atoms with Gasteiger partial charge < -0.3 is 8.85 Å². The van der Waals surface area contributed by atoms with E-state index < -0.39 is 8.56 Å². The molecule has 0 bridgehead atoms. The van der Waals surface area contributed by atoms with Gasteiger partial charge in [0, 0.05) is 13.2 Å². The smallest absolute Gasteiger partial charge is 0.340 e. The summed E-state index contributed by atoms with van der Waals surface area (Å²) >= 11 is 0. The molecule has 17 heavy (non-hydrogen) atoms. The zero-order valence-electron chi connectivity index (χ0n) is 12.1. The zero-order chi connectivity index (χ0) is 12.7. The van der Waals surface area contributed by atoms with Gasteiger partial charge in [0.1, 0.15) is 0 Å². The summed E-state index contributed by atoms with van der Waals surface area (Å²) in [6, 6.07) is 1.19. The fourth-order valence-corrected chi connectivity index (χ4v) is 6.40. The SMILES string of the molecule is CCO[Si](CCC1CCCC1)(OCC)C(C)C. The highest BCUT2D eigenvalue weighted by atomic mass is 28.4. The molecule has 0 aromatic heterocycles. The molecule has 1 rings (SSSR count). The molecule has 0 unspecified atom stereocenters. The van der Waals surface area contributed by atoms with Crippen LogP contribution in [-0.2, 0) is 8.85 Å². The maximum atomic E-state index is 6.11. The van der Waals surface area contributed by atoms with Crippen LogP contribution >= 0.6 is 0 Å². The number of rotatable bonds is 8. The lowest BCUT2D eigenvalue weighted by molar-refractivity contribution is 0.172. The summed E-state index contributed by atoms with van der Waals surface area (Å²) in [6.45, 7) is 10.3. The summed E-state index contributed by atoms with van der Waals surface area (Å²) in [4.78, 5) is 0. The first-order valence-electron chi connectivity index (χ1n) is 7.42. The van der Waals surface area contributed by atoms with Crippen LogP contribution in [0.2, 0.25) is 11.6 Å². The third-order valence-electron chi connectivity index (χ3n) is 4.03. The van der Waals surface area contributed by atoms with E-state index in [-0.39, 0.29) is 0 Å². The van der Waals surface area contributed by atoms with Crippen LogP contribution in [0.15, 0.2) is 0 Å². The van der Waals surface area contributed by atoms with Crippen LogP contribution < -0.4 is 0 Å². The van der Waals surface area contributed by atoms with Gasteiger partial charge in [-0.2, -0.15) is 0 Å². The van der Waals surface area contributed by atoms with Crippen LogP contribution in [0.1, 0.15) is 59.8 Å². The molecule has 0 aromatic carbocycles. The van der Waals surface area contributed by atoms with Crippen molar-refractivity contribution in [2.45, 2.75) is 71.4 Å². The highest BCUT2D eigenvalue weighted by Crippen LogP contribution is 2.35. The van der Waals surface area contributed by atoms with Crippen LogP contribution in [0, 0.1) is 5.92 Å². The maximum Gasteiger partial charge on any atom is 0.340 e. The van der Waals surface area contributed by atoms with Crippen molar-refractivity contribution >= 4 is 8.56 Å². The lowest BCUT2D eigenvalue weighted by Gasteiger charge is -2.34. The van der Waals surface area contributed by atoms with Crippen molar-refractivity contribution in [1.82, 2.24) is 0 Å². The summed E-state index contributed by atoms with van der Waals surface area (Å²) in [5.41, 5.74) is 0.559. The summed E-state index contributed by atoms with van der Waals surface area (Å²) in [5, 5.41) is 0. The van der Waals surface area contributed by atoms with E-state index >= 15 is 0 Å². The molecule has 0 N–H and O–H groups in total. The Morgan fingerprint density at radius 3 is 2.00 bits per heavy atom. The molecular formula is C14H30O2Si. The van der Waals surface area contributed by atoms with Crippen molar-refractivity contribution in [2.24, 2.45) is 5.92 Å². The van der Waals surface area contributed by atoms with E-state index in [1.807, 2.05) is 0 Å². The van der Waals surface area contributed by atoms with Gasteiger partial charge in [0.05, 0.1) is 0 Å². The van der Waals surface area contributed by atoms with E-state index in [0.29, 0.717) is 5.54 Å². The van der Waals surface area contributed by atoms with E-state index in [2.05, 4.69) is 27.7 Å². The first kappa shape index (κ1) is 15.2. The van der Waals surface area contributed by atoms with Crippen LogP contribution in [0.4, 0.5) is 0 Å². The molecule has 2 nitrogen and oxygen atoms in total. The minimum Gasteiger partial charge on any atom is -0.394 e. The van der Waals surface area contributed by atoms with Crippen molar-refractivity contribution in [1.29, 1.82) is 0 Å². The Kier molecular flexibility index (Phi) is 6.74. The summed E-state index contributed by atoms with van der Waals surface area (Å²) < 4.78 is 12.2. The van der Waals surface area contributed by atoms with Gasteiger partial charge in [-0.1, -0.05) is 39.5 Å². The Bertz CT molecular complexity index is 194. The minimum absolute atomic E-state index is 0.559. The second-order valence-corrected chi connectivity index (χ2v) is 9.38. The molecule has 0 radical (unpaired) electrons. The Morgan fingerprint density at radius 1 is 1.06 bits per heavy atom. The largest absolute Gasteiger partial charge is 0.394 e. The fraction of sp³-hybridized carbons (Fsp3) is 1.00. The molecule has 0 amide bonds. The van der Waals surface area contributed by atoms with Gasteiger partial charge in [-0.25, -0.2) is 0 Å². The molecule has 1 fully saturated rings. The molecule has 0 saturated heterocycles. The van der Waals surface area contributed by atoms with Gasteiger partial charge >= 0.3 is 8.56 Å². The van der Waals surface area contributed by atoms with Crippen molar-refractivity contribution in [3.05, 3.63) is 0 Å². The van der Waals surface area contributed by atoms with Gasteiger partial charge in [-0.15, -0.1) is 0 Å². The van der Waals surface area contributed by atoms with Gasteiger partial charge in [0.15, 0.2) is 0 Å². The quantitative estimate of drug-likeness (QED) is 0.597. The Hall–Kier alpha value is 0.137. The van der Waals surface area contributed by atoms with Crippen molar-refractivity contribution in [3.8, 4) is 0 Å². The van der Waals surface area contributed by atoms with Gasteiger partial charge in [-0.3, -0.25) is 0 Å². The molecule has 1 saturated carbocycles. The summed E-state index contributed by atoms with van der Waals surface area (Å²) in [6.07, 6.45) is 7.06. The molecule has 1 aliphatic rings. The Balaban J connectivity index is 2.53. The highest BCUT2D eigenvalue weighted by molar-refractivity contribution is 6.68. The topological polar surface area (TPSA) is 18.5 Å². The molecule has 3 heteroatoms. The lowest BCUT2D eigenvalue weighted by Crippen LogP contribution is -2.45. The number of hydrogen-bond donors (Lipinski definition) is 0. The van der Waals surface area contributed by atoms with Crippen LogP contribution in [0.25, 0.3) is 0 Å². The van der Waals surface area contributed by atoms with Crippen LogP contribution in [-0.4, -0.2) is 21.8 Å². The molecule has 102 valence electrons. The average molecular weight is 258 g/mol. The molecule has 1 aliphatic carbocycles. The molecule has 0 aliphatic heterocycles. The Morgan fingerprint density at radius 2 is 1.59 bits per heavy atom. The molecule has 0 spiro atoms. The third-order valence-corrected chi connectivity index (χ3v) is 8.33. The molecule has 0 aromatic rings. The monoisotopic (exact) mass is 258 g/mol. The second-order valence-electron chi connectivity index (χ2n) is 5.52. The van der Waals surface area contributed by atoms with E-state index in [0.717, 1.165) is 19.1 Å². The summed E-state index contributed by atoms with van der Waals surface area (Å²) in [7, 11) is -1.94. The summed E-state index contributed by atoms with van der Waals surface area (Å²) in [5.74, 6) is 0.946. The zero-order valence-corrected chi connectivity index (χ0v) is 13.1. The predicted molar refractivity (Wildman–Crippen MR) is 75.5 cm³/mol. The molecular weight excluding hydrogens is 228 g/mol. The average Bonchev–Trinajstić information content (AvgIpc) is 2.79. The number of hydrogen-bond acceptors (Lipinski definition) is 2. The van der Waals surface area contributed by atoms with E-state index in [1.54, 1.807) is 0 Å². The van der Waals surface area contributed by atoms with E-state index in [4.69, 9.17) is 8.85 Å². The van der Waals surface area contributed by atoms with E-state index in [9.17, 15) is 0 Å². The van der Waals surface area contributed by atoms with Gasteiger partial charge in [-0.05, 0) is 37.8 Å². The standard InChI is InChI=1S/C14H30O2Si/c1-5-15-17(13(3)4,16-6-2)12-11-14-9-7-8-10-14/h13-14H,5-12H2,1-4H3.